The highest BCUT2D eigenvalue weighted by molar-refractivity contribution is 6.05. The lowest BCUT2D eigenvalue weighted by Crippen LogP contribution is -2.33. The topological polar surface area (TPSA) is 76.0 Å². The molecule has 1 aromatic carbocycles. The van der Waals surface area contributed by atoms with Crippen LogP contribution < -0.4 is 10.6 Å². The van der Waals surface area contributed by atoms with Crippen LogP contribution in [0.25, 0.3) is 0 Å². The molecular formula is C21H28N4O2. The first-order valence-electron chi connectivity index (χ1n) is 9.72. The van der Waals surface area contributed by atoms with Crippen molar-refractivity contribution in [2.75, 3.05) is 5.32 Å². The maximum Gasteiger partial charge on any atom is 0.287 e. The third-order valence-corrected chi connectivity index (χ3v) is 4.93. The minimum Gasteiger partial charge on any atom is -0.347 e. The smallest absolute Gasteiger partial charge is 0.287 e. The van der Waals surface area contributed by atoms with Gasteiger partial charge in [-0.1, -0.05) is 25.1 Å². The van der Waals surface area contributed by atoms with E-state index in [0.717, 1.165) is 54.7 Å². The van der Waals surface area contributed by atoms with Crippen molar-refractivity contribution in [2.24, 2.45) is 0 Å². The normalized spacial score (nSPS) is 13.4. The van der Waals surface area contributed by atoms with Crippen molar-refractivity contribution < 1.29 is 9.59 Å². The first-order chi connectivity index (χ1) is 12.9. The number of carbonyl (C=O) groups excluding carboxylic acids is 2. The van der Waals surface area contributed by atoms with E-state index < -0.39 is 0 Å². The molecule has 0 saturated heterocycles. The Morgan fingerprint density at radius 1 is 1.22 bits per heavy atom. The van der Waals surface area contributed by atoms with Crippen molar-refractivity contribution in [3.63, 3.8) is 0 Å². The number of aromatic nitrogens is 2. The molecule has 6 nitrogen and oxygen atoms in total. The van der Waals surface area contributed by atoms with Crippen LogP contribution in [0.4, 0.5) is 5.69 Å². The minimum atomic E-state index is -0.242. The van der Waals surface area contributed by atoms with Crippen LogP contribution in [-0.2, 0) is 19.4 Å². The third kappa shape index (κ3) is 3.89. The summed E-state index contributed by atoms with van der Waals surface area (Å²) in [6, 6.07) is 6.02. The summed E-state index contributed by atoms with van der Waals surface area (Å²) in [5.41, 5.74) is 4.19. The lowest BCUT2D eigenvalue weighted by Gasteiger charge is -2.18. The van der Waals surface area contributed by atoms with E-state index in [1.807, 2.05) is 43.5 Å². The van der Waals surface area contributed by atoms with Crippen LogP contribution in [0.3, 0.4) is 0 Å². The first kappa shape index (κ1) is 19.1. The van der Waals surface area contributed by atoms with Gasteiger partial charge in [0.05, 0.1) is 5.69 Å². The molecule has 0 spiro atoms. The van der Waals surface area contributed by atoms with E-state index in [1.54, 1.807) is 0 Å². The molecule has 3 rings (SSSR count). The Bertz CT molecular complexity index is 867. The van der Waals surface area contributed by atoms with Crippen LogP contribution in [0.5, 0.6) is 0 Å². The average molecular weight is 368 g/mol. The largest absolute Gasteiger partial charge is 0.347 e. The van der Waals surface area contributed by atoms with Gasteiger partial charge in [-0.25, -0.2) is 4.98 Å². The van der Waals surface area contributed by atoms with Crippen LogP contribution in [0, 0.1) is 6.92 Å². The molecule has 1 aromatic heterocycles. The van der Waals surface area contributed by atoms with Gasteiger partial charge in [-0.05, 0) is 57.6 Å². The third-order valence-electron chi connectivity index (χ3n) is 4.93. The van der Waals surface area contributed by atoms with Gasteiger partial charge in [0.25, 0.3) is 11.8 Å². The molecule has 27 heavy (non-hydrogen) atoms. The van der Waals surface area contributed by atoms with Crippen molar-refractivity contribution in [1.29, 1.82) is 0 Å². The summed E-state index contributed by atoms with van der Waals surface area (Å²) in [5.74, 6) is -0.130. The molecule has 0 atom stereocenters. The van der Waals surface area contributed by atoms with E-state index in [0.29, 0.717) is 11.5 Å². The van der Waals surface area contributed by atoms with Crippen molar-refractivity contribution in [2.45, 2.75) is 66.0 Å². The van der Waals surface area contributed by atoms with Crippen LogP contribution in [0.2, 0.25) is 0 Å². The fourth-order valence-corrected chi connectivity index (χ4v) is 3.60. The highest BCUT2D eigenvalue weighted by atomic mass is 16.2. The van der Waals surface area contributed by atoms with Crippen molar-refractivity contribution in [1.82, 2.24) is 14.9 Å². The number of benzene rings is 1. The number of hydrogen-bond acceptors (Lipinski definition) is 3. The zero-order chi connectivity index (χ0) is 19.6. The Morgan fingerprint density at radius 2 is 2.00 bits per heavy atom. The van der Waals surface area contributed by atoms with Gasteiger partial charge in [0.15, 0.2) is 11.5 Å². The summed E-state index contributed by atoms with van der Waals surface area (Å²) in [4.78, 5) is 30.1. The van der Waals surface area contributed by atoms with E-state index in [-0.39, 0.29) is 17.9 Å². The predicted molar refractivity (Wildman–Crippen MR) is 106 cm³/mol. The van der Waals surface area contributed by atoms with Gasteiger partial charge < -0.3 is 15.2 Å². The molecule has 6 heteroatoms. The van der Waals surface area contributed by atoms with Crippen molar-refractivity contribution in [3.05, 3.63) is 46.5 Å². The molecule has 2 amide bonds. The second-order valence-corrected chi connectivity index (χ2v) is 7.38. The Labute approximate surface area is 160 Å². The quantitative estimate of drug-likeness (QED) is 0.848. The van der Waals surface area contributed by atoms with E-state index in [1.165, 1.54) is 0 Å². The highest BCUT2D eigenvalue weighted by Crippen LogP contribution is 2.25. The van der Waals surface area contributed by atoms with E-state index in [9.17, 15) is 9.59 Å². The molecule has 2 N–H and O–H groups in total. The van der Waals surface area contributed by atoms with Gasteiger partial charge in [-0.2, -0.15) is 0 Å². The maximum atomic E-state index is 13.0. The highest BCUT2D eigenvalue weighted by Gasteiger charge is 2.28. The second kappa shape index (κ2) is 7.94. The van der Waals surface area contributed by atoms with E-state index in [4.69, 9.17) is 0 Å². The Morgan fingerprint density at radius 3 is 2.70 bits per heavy atom. The molecule has 0 unspecified atom stereocenters. The number of nitrogens with one attached hydrogen (secondary N) is 2. The van der Waals surface area contributed by atoms with Crippen LogP contribution >= 0.6 is 0 Å². The molecule has 1 aliphatic rings. The number of nitrogens with zero attached hydrogens (tertiary/aromatic N) is 2. The van der Waals surface area contributed by atoms with E-state index >= 15 is 0 Å². The molecular weight excluding hydrogens is 340 g/mol. The number of rotatable bonds is 5. The minimum absolute atomic E-state index is 0.0189. The number of aryl methyl sites for hydroxylation is 2. The summed E-state index contributed by atoms with van der Waals surface area (Å²) in [7, 11) is 0. The molecule has 2 heterocycles. The Hall–Kier alpha value is -2.63. The Balaban J connectivity index is 1.96. The van der Waals surface area contributed by atoms with Crippen molar-refractivity contribution >= 4 is 17.5 Å². The van der Waals surface area contributed by atoms with Gasteiger partial charge in [0.1, 0.15) is 0 Å². The number of hydrogen-bond donors (Lipinski definition) is 2. The summed E-state index contributed by atoms with van der Waals surface area (Å²) < 4.78 is 1.91. The number of fused-ring (bicyclic) bond motifs is 1. The number of anilines is 1. The molecule has 0 bridgehead atoms. The summed E-state index contributed by atoms with van der Waals surface area (Å²) >= 11 is 0. The monoisotopic (exact) mass is 368 g/mol. The average Bonchev–Trinajstić information content (AvgIpc) is 3.02. The van der Waals surface area contributed by atoms with Crippen LogP contribution in [-0.4, -0.2) is 27.4 Å². The maximum absolute atomic E-state index is 13.0. The zero-order valence-electron chi connectivity index (χ0n) is 16.6. The Kier molecular flexibility index (Phi) is 5.63. The fourth-order valence-electron chi connectivity index (χ4n) is 3.60. The summed E-state index contributed by atoms with van der Waals surface area (Å²) in [5, 5.41) is 5.93. The molecule has 1 aliphatic heterocycles. The lowest BCUT2D eigenvalue weighted by atomic mass is 10.0. The van der Waals surface area contributed by atoms with Gasteiger partial charge in [-0.3, -0.25) is 9.59 Å². The van der Waals surface area contributed by atoms with Gasteiger partial charge >= 0.3 is 0 Å². The van der Waals surface area contributed by atoms with Gasteiger partial charge in [-0.15, -0.1) is 0 Å². The molecule has 0 saturated carbocycles. The van der Waals surface area contributed by atoms with Gasteiger partial charge in [0.2, 0.25) is 0 Å². The van der Waals surface area contributed by atoms with E-state index in [2.05, 4.69) is 22.5 Å². The van der Waals surface area contributed by atoms with Gasteiger partial charge in [0, 0.05) is 18.3 Å². The van der Waals surface area contributed by atoms with Crippen LogP contribution in [0.15, 0.2) is 18.2 Å². The molecule has 144 valence electrons. The summed E-state index contributed by atoms with van der Waals surface area (Å²) in [6.45, 7) is 8.60. The SMILES string of the molecule is CCc1cccc(C)c1NC(=O)c1nc(C(=O)NC(C)C)n2c1CCCC2. The number of amides is 2. The predicted octanol–water partition coefficient (Wildman–Crippen LogP) is 3.48. The second-order valence-electron chi connectivity index (χ2n) is 7.38. The standard InChI is InChI=1S/C21H28N4O2/c1-5-15-10-8-9-14(4)17(15)24-20(26)18-16-11-6-7-12-25(16)19(23-18)21(27)22-13(2)3/h8-10,13H,5-7,11-12H2,1-4H3,(H,22,27)(H,24,26). The number of para-hydroxylation sites is 1. The lowest BCUT2D eigenvalue weighted by molar-refractivity contribution is 0.0927. The zero-order valence-corrected chi connectivity index (χ0v) is 16.6. The fraction of sp³-hybridized carbons (Fsp3) is 0.476. The molecule has 0 fully saturated rings. The number of imidazole rings is 1. The first-order valence-corrected chi connectivity index (χ1v) is 9.72. The molecule has 0 radical (unpaired) electrons. The molecule has 2 aromatic rings. The number of carbonyl (C=O) groups is 2. The van der Waals surface area contributed by atoms with Crippen molar-refractivity contribution in [3.8, 4) is 0 Å². The van der Waals surface area contributed by atoms with Crippen LogP contribution in [0.1, 0.15) is 71.5 Å². The molecule has 0 aliphatic carbocycles. The summed E-state index contributed by atoms with van der Waals surface area (Å²) in [6.07, 6.45) is 3.59.